The third-order valence-corrected chi connectivity index (χ3v) is 10.1. The molecule has 3 aromatic heterocycles. The van der Waals surface area contributed by atoms with Gasteiger partial charge < -0.3 is 30.8 Å². The van der Waals surface area contributed by atoms with Crippen LogP contribution in [0.15, 0.2) is 77.7 Å². The summed E-state index contributed by atoms with van der Waals surface area (Å²) >= 11 is 0. The average molecular weight is 899 g/mol. The maximum Gasteiger partial charge on any atom is 0.405 e. The van der Waals surface area contributed by atoms with E-state index < -0.39 is 66.7 Å². The number of nitrogens with one attached hydrogen (secondary N) is 4. The number of anilines is 2. The molecule has 5 heterocycles. The molecule has 7 amide bonds. The number of hydrogen-bond acceptors (Lipinski definition) is 14. The van der Waals surface area contributed by atoms with Gasteiger partial charge in [-0.2, -0.15) is 18.3 Å². The Kier molecular flexibility index (Phi) is 13.1. The van der Waals surface area contributed by atoms with Gasteiger partial charge in [0.15, 0.2) is 23.8 Å². The summed E-state index contributed by atoms with van der Waals surface area (Å²) in [6.07, 6.45) is 0.962. The fourth-order valence-electron chi connectivity index (χ4n) is 6.89. The summed E-state index contributed by atoms with van der Waals surface area (Å²) in [6.45, 7) is -1.49. The van der Waals surface area contributed by atoms with Gasteiger partial charge in [-0.1, -0.05) is 12.5 Å². The van der Waals surface area contributed by atoms with E-state index in [2.05, 4.69) is 36.3 Å². The van der Waals surface area contributed by atoms with Crippen molar-refractivity contribution in [2.75, 3.05) is 30.3 Å². The average Bonchev–Trinajstić information content (AvgIpc) is 4.01. The molecule has 2 aromatic carbocycles. The molecule has 1 unspecified atom stereocenters. The second kappa shape index (κ2) is 19.0. The fraction of sp³-hybridized carbons (Fsp3) is 0.262. The first kappa shape index (κ1) is 44.8. The lowest BCUT2D eigenvalue weighted by Gasteiger charge is -2.27. The van der Waals surface area contributed by atoms with E-state index in [1.54, 1.807) is 24.3 Å². The number of nitrogens with zero attached hydrogens (tertiary/aromatic N) is 5. The number of halogens is 3. The number of amides is 7. The first-order valence-electron chi connectivity index (χ1n) is 19.9. The summed E-state index contributed by atoms with van der Waals surface area (Å²) < 4.78 is 50.1. The van der Waals surface area contributed by atoms with E-state index >= 15 is 0 Å². The molecule has 1 saturated heterocycles. The maximum absolute atomic E-state index is 13.2. The summed E-state index contributed by atoms with van der Waals surface area (Å²) in [5.41, 5.74) is 5.96. The molecule has 1 atom stereocenters. The second-order valence-corrected chi connectivity index (χ2v) is 14.6. The number of benzene rings is 2. The number of aromatic nitrogens is 4. The van der Waals surface area contributed by atoms with Crippen LogP contribution in [0.5, 0.6) is 5.75 Å². The molecule has 20 nitrogen and oxygen atoms in total. The molecule has 65 heavy (non-hydrogen) atoms. The summed E-state index contributed by atoms with van der Waals surface area (Å²) in [5, 5.41) is 13.7. The minimum Gasteiger partial charge on any atom is -0.483 e. The van der Waals surface area contributed by atoms with E-state index in [1.807, 2.05) is 0 Å². The van der Waals surface area contributed by atoms with E-state index in [4.69, 9.17) is 14.9 Å². The van der Waals surface area contributed by atoms with Gasteiger partial charge >= 0.3 is 6.18 Å². The molecule has 5 aromatic rings. The van der Waals surface area contributed by atoms with Gasteiger partial charge in [0.25, 0.3) is 29.5 Å². The highest BCUT2D eigenvalue weighted by atomic mass is 19.4. The van der Waals surface area contributed by atoms with Gasteiger partial charge in [-0.05, 0) is 67.8 Å². The molecule has 1 fully saturated rings. The van der Waals surface area contributed by atoms with Crippen molar-refractivity contribution in [1.29, 1.82) is 0 Å². The largest absolute Gasteiger partial charge is 0.483 e. The maximum atomic E-state index is 13.2. The third kappa shape index (κ3) is 10.5. The Morgan fingerprint density at radius 3 is 2.51 bits per heavy atom. The fourth-order valence-corrected chi connectivity index (χ4v) is 6.89. The zero-order valence-corrected chi connectivity index (χ0v) is 33.9. The molecule has 2 aliphatic rings. The summed E-state index contributed by atoms with van der Waals surface area (Å²) in [6, 6.07) is 12.2. The first-order chi connectivity index (χ1) is 31.1. The summed E-state index contributed by atoms with van der Waals surface area (Å²) in [4.78, 5) is 110. The standard InChI is InChI=1S/C42H37F3N10O10/c43-42(44,45)21-49-31-17-23(14-16-47-31)39-51-27(19-65-39)37(60)50-26-18-54(53-35(26)36(46)59)24-10-8-22(9-11-24)29(56)6-2-1-3-15-48-33(58)20-64-30-7-4-5-25-34(30)41(63)55(40(25)62)28-12-13-32(57)52-38(28)61/h4-5,7-11,14,16-19,28H,1-3,6,12-13,15,20-21H2,(H2,46,59)(H,47,49)(H,48,58)(H,50,60)(H,52,57,61). The quantitative estimate of drug-likeness (QED) is 0.0478. The summed E-state index contributed by atoms with van der Waals surface area (Å²) in [7, 11) is 0. The number of imide groups is 2. The number of primary amides is 1. The highest BCUT2D eigenvalue weighted by molar-refractivity contribution is 6.24. The smallest absolute Gasteiger partial charge is 0.405 e. The van der Waals surface area contributed by atoms with Crippen LogP contribution in [0.2, 0.25) is 0 Å². The van der Waals surface area contributed by atoms with E-state index in [-0.39, 0.29) is 82.8 Å². The number of fused-ring (bicyclic) bond motifs is 1. The monoisotopic (exact) mass is 898 g/mol. The predicted molar refractivity (Wildman–Crippen MR) is 219 cm³/mol. The molecule has 336 valence electrons. The SMILES string of the molecule is NC(=O)c1nn(-c2ccc(C(=O)CCCCCNC(=O)COc3cccc4c3C(=O)N(C3CCC(=O)NC3=O)C4=O)cc2)cc1NC(=O)c1coc(-c2ccnc(NCC(F)(F)F)c2)n1. The lowest BCUT2D eigenvalue weighted by Crippen LogP contribution is -2.54. The molecule has 23 heteroatoms. The topological polar surface area (TPSA) is 280 Å². The predicted octanol–water partition coefficient (Wildman–Crippen LogP) is 3.59. The van der Waals surface area contributed by atoms with Crippen molar-refractivity contribution in [2.24, 2.45) is 5.73 Å². The lowest BCUT2D eigenvalue weighted by molar-refractivity contribution is -0.136. The number of hydrogen-bond donors (Lipinski definition) is 5. The molecule has 0 aliphatic carbocycles. The molecule has 0 saturated carbocycles. The second-order valence-electron chi connectivity index (χ2n) is 14.6. The number of carbonyl (C=O) groups is 8. The Balaban J connectivity index is 0.849. The molecule has 6 N–H and O–H groups in total. The number of pyridine rings is 1. The van der Waals surface area contributed by atoms with Crippen molar-refractivity contribution >= 4 is 58.6 Å². The molecule has 0 radical (unpaired) electrons. The number of ether oxygens (including phenoxy) is 1. The zero-order chi connectivity index (χ0) is 46.4. The van der Waals surface area contributed by atoms with Gasteiger partial charge in [-0.3, -0.25) is 48.6 Å². The molecule has 0 spiro atoms. The molecule has 7 rings (SSSR count). The van der Waals surface area contributed by atoms with Crippen LogP contribution in [-0.4, -0.2) is 104 Å². The Morgan fingerprint density at radius 1 is 0.985 bits per heavy atom. The third-order valence-electron chi connectivity index (χ3n) is 10.1. The van der Waals surface area contributed by atoms with E-state index in [9.17, 15) is 51.5 Å². The Morgan fingerprint density at radius 2 is 1.77 bits per heavy atom. The van der Waals surface area contributed by atoms with Crippen LogP contribution in [0.25, 0.3) is 17.1 Å². The van der Waals surface area contributed by atoms with Crippen LogP contribution in [0.3, 0.4) is 0 Å². The van der Waals surface area contributed by atoms with Gasteiger partial charge in [0.1, 0.15) is 30.4 Å². The number of alkyl halides is 3. The van der Waals surface area contributed by atoms with Crippen molar-refractivity contribution < 1.29 is 60.7 Å². The van der Waals surface area contributed by atoms with Crippen LogP contribution in [0.1, 0.15) is 90.6 Å². The Bertz CT molecular complexity index is 2710. The summed E-state index contributed by atoms with van der Waals surface area (Å²) in [5.74, 6) is -5.27. The number of oxazole rings is 1. The highest BCUT2D eigenvalue weighted by Crippen LogP contribution is 2.34. The molecule has 0 bridgehead atoms. The van der Waals surface area contributed by atoms with Gasteiger partial charge in [0, 0.05) is 36.7 Å². The minimum atomic E-state index is -4.47. The normalized spacial score (nSPS) is 14.8. The van der Waals surface area contributed by atoms with Crippen molar-refractivity contribution in [3.05, 3.63) is 101 Å². The van der Waals surface area contributed by atoms with Crippen LogP contribution < -0.4 is 31.7 Å². The number of piperidine rings is 1. The zero-order valence-electron chi connectivity index (χ0n) is 33.9. The first-order valence-corrected chi connectivity index (χ1v) is 19.9. The number of Topliss-reactive ketones (excluding diaryl/α,β-unsaturated/α-hetero) is 1. The van der Waals surface area contributed by atoms with Crippen molar-refractivity contribution in [2.45, 2.75) is 50.7 Å². The van der Waals surface area contributed by atoms with Gasteiger partial charge in [0.05, 0.1) is 28.7 Å². The van der Waals surface area contributed by atoms with Crippen LogP contribution >= 0.6 is 0 Å². The van der Waals surface area contributed by atoms with E-state index in [0.29, 0.717) is 30.5 Å². The van der Waals surface area contributed by atoms with E-state index in [1.165, 1.54) is 47.4 Å². The molecular formula is C42H37F3N10O10. The Hall–Kier alpha value is -8.24. The highest BCUT2D eigenvalue weighted by Gasteiger charge is 2.46. The van der Waals surface area contributed by atoms with Gasteiger partial charge in [-0.15, -0.1) is 0 Å². The van der Waals surface area contributed by atoms with E-state index in [0.717, 1.165) is 11.2 Å². The van der Waals surface area contributed by atoms with Crippen LogP contribution in [0.4, 0.5) is 24.7 Å². The van der Waals surface area contributed by atoms with Crippen LogP contribution in [0, 0.1) is 0 Å². The number of nitrogens with two attached hydrogens (primary N) is 1. The number of carbonyl (C=O) groups excluding carboxylic acids is 8. The lowest BCUT2D eigenvalue weighted by atomic mass is 10.0. The number of unbranched alkanes of at least 4 members (excludes halogenated alkanes) is 2. The van der Waals surface area contributed by atoms with Crippen molar-refractivity contribution in [1.82, 2.24) is 35.3 Å². The Labute approximate surface area is 365 Å². The van der Waals surface area contributed by atoms with Gasteiger partial charge in [-0.25, -0.2) is 14.6 Å². The molecular weight excluding hydrogens is 862 g/mol. The minimum absolute atomic E-state index is 0.00135. The number of ketones is 1. The number of rotatable bonds is 18. The molecule has 2 aliphatic heterocycles. The van der Waals surface area contributed by atoms with Crippen LogP contribution in [-0.2, 0) is 14.4 Å². The van der Waals surface area contributed by atoms with Crippen molar-refractivity contribution in [3.8, 4) is 22.9 Å². The van der Waals surface area contributed by atoms with Gasteiger partial charge in [0.2, 0.25) is 17.7 Å². The van der Waals surface area contributed by atoms with Crippen molar-refractivity contribution in [3.63, 3.8) is 0 Å².